The number of hydrogen-bond donors (Lipinski definition) is 0. The van der Waals surface area contributed by atoms with Crippen LogP contribution in [0.3, 0.4) is 0 Å². The van der Waals surface area contributed by atoms with E-state index >= 15 is 0 Å². The van der Waals surface area contributed by atoms with E-state index < -0.39 is 0 Å². The van der Waals surface area contributed by atoms with E-state index in [-0.39, 0.29) is 11.8 Å². The van der Waals surface area contributed by atoms with Crippen LogP contribution in [0.2, 0.25) is 0 Å². The average Bonchev–Trinajstić information content (AvgIpc) is 3.30. The van der Waals surface area contributed by atoms with Crippen LogP contribution in [-0.4, -0.2) is 25.9 Å². The molecule has 0 unspecified atom stereocenters. The molecular formula is C22H18N2O2S2. The lowest BCUT2D eigenvalue weighted by atomic mass is 10.2. The topological polar surface area (TPSA) is 40.6 Å². The van der Waals surface area contributed by atoms with Crippen molar-refractivity contribution in [2.24, 2.45) is 0 Å². The SMILES string of the molecule is CN(C)c1ccc(N2C(=O)C(Sc3ccccc3)=C(c3cccs3)C2=O)cc1. The van der Waals surface area contributed by atoms with Gasteiger partial charge in [0.15, 0.2) is 0 Å². The van der Waals surface area contributed by atoms with Crippen LogP contribution >= 0.6 is 23.1 Å². The van der Waals surface area contributed by atoms with Gasteiger partial charge in [-0.15, -0.1) is 11.3 Å². The molecule has 0 saturated carbocycles. The molecule has 2 aromatic carbocycles. The minimum absolute atomic E-state index is 0.275. The maximum atomic E-state index is 13.3. The molecule has 0 bridgehead atoms. The number of thioether (sulfide) groups is 1. The van der Waals surface area contributed by atoms with Crippen molar-refractivity contribution in [3.63, 3.8) is 0 Å². The zero-order valence-electron chi connectivity index (χ0n) is 15.5. The number of nitrogens with zero attached hydrogens (tertiary/aromatic N) is 2. The third-order valence-electron chi connectivity index (χ3n) is 4.40. The number of amides is 2. The predicted octanol–water partition coefficient (Wildman–Crippen LogP) is 4.89. The van der Waals surface area contributed by atoms with Gasteiger partial charge in [0.25, 0.3) is 11.8 Å². The second-order valence-electron chi connectivity index (χ2n) is 6.45. The van der Waals surface area contributed by atoms with Crippen molar-refractivity contribution >= 4 is 51.9 Å². The Kier molecular flexibility index (Phi) is 5.07. The molecule has 0 spiro atoms. The van der Waals surface area contributed by atoms with Gasteiger partial charge in [0.05, 0.1) is 16.2 Å². The molecule has 0 radical (unpaired) electrons. The molecule has 28 heavy (non-hydrogen) atoms. The van der Waals surface area contributed by atoms with Crippen LogP contribution in [0.25, 0.3) is 5.57 Å². The fourth-order valence-corrected chi connectivity index (χ4v) is 4.82. The van der Waals surface area contributed by atoms with E-state index in [9.17, 15) is 9.59 Å². The van der Waals surface area contributed by atoms with Gasteiger partial charge in [-0.2, -0.15) is 0 Å². The Bertz CT molecular complexity index is 1040. The zero-order chi connectivity index (χ0) is 19.7. The zero-order valence-corrected chi connectivity index (χ0v) is 17.1. The van der Waals surface area contributed by atoms with E-state index in [2.05, 4.69) is 0 Å². The van der Waals surface area contributed by atoms with Gasteiger partial charge in [-0.1, -0.05) is 36.0 Å². The molecule has 4 rings (SSSR count). The van der Waals surface area contributed by atoms with Gasteiger partial charge in [0, 0.05) is 29.6 Å². The van der Waals surface area contributed by atoms with E-state index in [1.807, 2.05) is 91.1 Å². The molecule has 0 N–H and O–H groups in total. The molecule has 2 heterocycles. The van der Waals surface area contributed by atoms with Crippen molar-refractivity contribution in [3.8, 4) is 0 Å². The van der Waals surface area contributed by atoms with Gasteiger partial charge in [0.2, 0.25) is 0 Å². The summed E-state index contributed by atoms with van der Waals surface area (Å²) in [6.45, 7) is 0. The van der Waals surface area contributed by atoms with Crippen molar-refractivity contribution in [1.82, 2.24) is 0 Å². The Hall–Kier alpha value is -2.83. The number of carbonyl (C=O) groups excluding carboxylic acids is 2. The summed E-state index contributed by atoms with van der Waals surface area (Å²) in [6.07, 6.45) is 0. The van der Waals surface area contributed by atoms with E-state index in [0.717, 1.165) is 15.5 Å². The quantitative estimate of drug-likeness (QED) is 0.566. The second kappa shape index (κ2) is 7.66. The van der Waals surface area contributed by atoms with Crippen LogP contribution in [-0.2, 0) is 9.59 Å². The van der Waals surface area contributed by atoms with Crippen LogP contribution in [0, 0.1) is 0 Å². The summed E-state index contributed by atoms with van der Waals surface area (Å²) in [5, 5.41) is 1.92. The molecular weight excluding hydrogens is 388 g/mol. The third-order valence-corrected chi connectivity index (χ3v) is 6.37. The summed E-state index contributed by atoms with van der Waals surface area (Å²) in [7, 11) is 3.90. The Morgan fingerprint density at radius 2 is 1.57 bits per heavy atom. The Balaban J connectivity index is 1.75. The monoisotopic (exact) mass is 406 g/mol. The first-order chi connectivity index (χ1) is 13.6. The van der Waals surface area contributed by atoms with Crippen LogP contribution in [0.15, 0.2) is 81.9 Å². The highest BCUT2D eigenvalue weighted by molar-refractivity contribution is 8.04. The molecule has 2 amide bonds. The van der Waals surface area contributed by atoms with Crippen LogP contribution in [0.5, 0.6) is 0 Å². The van der Waals surface area contributed by atoms with Gasteiger partial charge in [-0.25, -0.2) is 4.90 Å². The molecule has 6 heteroatoms. The lowest BCUT2D eigenvalue weighted by molar-refractivity contribution is -0.119. The molecule has 4 nitrogen and oxygen atoms in total. The molecule has 0 atom stereocenters. The van der Waals surface area contributed by atoms with Crippen LogP contribution in [0.4, 0.5) is 11.4 Å². The Labute approximate surface area is 172 Å². The predicted molar refractivity (Wildman–Crippen MR) is 117 cm³/mol. The highest BCUT2D eigenvalue weighted by atomic mass is 32.2. The van der Waals surface area contributed by atoms with Crippen molar-refractivity contribution in [3.05, 3.63) is 81.9 Å². The largest absolute Gasteiger partial charge is 0.378 e. The van der Waals surface area contributed by atoms with Crippen molar-refractivity contribution in [2.75, 3.05) is 23.9 Å². The molecule has 0 fully saturated rings. The summed E-state index contributed by atoms with van der Waals surface area (Å²) in [4.78, 5) is 32.0. The molecule has 1 aromatic heterocycles. The molecule has 3 aromatic rings. The van der Waals surface area contributed by atoms with Crippen LogP contribution < -0.4 is 9.80 Å². The van der Waals surface area contributed by atoms with Crippen molar-refractivity contribution in [2.45, 2.75) is 4.90 Å². The fraction of sp³-hybridized carbons (Fsp3) is 0.0909. The molecule has 1 aliphatic rings. The summed E-state index contributed by atoms with van der Waals surface area (Å²) in [5.74, 6) is -0.552. The first-order valence-electron chi connectivity index (χ1n) is 8.73. The molecule has 0 aliphatic carbocycles. The van der Waals surface area contributed by atoms with Gasteiger partial charge < -0.3 is 4.90 Å². The summed E-state index contributed by atoms with van der Waals surface area (Å²) in [6, 6.07) is 20.9. The normalized spacial score (nSPS) is 14.1. The Morgan fingerprint density at radius 1 is 0.857 bits per heavy atom. The smallest absolute Gasteiger partial charge is 0.272 e. The number of rotatable bonds is 5. The van der Waals surface area contributed by atoms with E-state index in [0.29, 0.717) is 16.2 Å². The van der Waals surface area contributed by atoms with Gasteiger partial charge in [-0.3, -0.25) is 9.59 Å². The molecule has 1 aliphatic heterocycles. The lowest BCUT2D eigenvalue weighted by Crippen LogP contribution is -2.31. The molecule has 0 saturated heterocycles. The van der Waals surface area contributed by atoms with E-state index in [4.69, 9.17) is 0 Å². The number of thiophene rings is 1. The van der Waals surface area contributed by atoms with Gasteiger partial charge in [-0.05, 0) is 47.8 Å². The maximum Gasteiger partial charge on any atom is 0.272 e. The first kappa shape index (κ1) is 18.5. The number of hydrogen-bond acceptors (Lipinski definition) is 5. The number of benzene rings is 2. The summed E-state index contributed by atoms with van der Waals surface area (Å²) in [5.41, 5.74) is 2.07. The van der Waals surface area contributed by atoms with Crippen LogP contribution in [0.1, 0.15) is 4.88 Å². The van der Waals surface area contributed by atoms with E-state index in [1.165, 1.54) is 28.0 Å². The fourth-order valence-electron chi connectivity index (χ4n) is 2.98. The van der Waals surface area contributed by atoms with E-state index in [1.54, 1.807) is 0 Å². The second-order valence-corrected chi connectivity index (χ2v) is 8.48. The first-order valence-corrected chi connectivity index (χ1v) is 10.4. The minimum Gasteiger partial charge on any atom is -0.378 e. The number of imide groups is 1. The van der Waals surface area contributed by atoms with Crippen molar-refractivity contribution < 1.29 is 9.59 Å². The lowest BCUT2D eigenvalue weighted by Gasteiger charge is -2.17. The number of anilines is 2. The Morgan fingerprint density at radius 3 is 2.18 bits per heavy atom. The highest BCUT2D eigenvalue weighted by Gasteiger charge is 2.40. The standard InChI is InChI=1S/C22H18N2O2S2/c1-23(2)15-10-12-16(13-11-15)24-21(25)19(18-9-6-14-27-18)20(22(24)26)28-17-7-4-3-5-8-17/h3-14H,1-2H3. The summed E-state index contributed by atoms with van der Waals surface area (Å²) >= 11 is 2.81. The maximum absolute atomic E-state index is 13.3. The molecule has 140 valence electrons. The minimum atomic E-state index is -0.278. The third kappa shape index (κ3) is 3.37. The number of carbonyl (C=O) groups is 2. The van der Waals surface area contributed by atoms with Gasteiger partial charge in [0.1, 0.15) is 0 Å². The summed E-state index contributed by atoms with van der Waals surface area (Å²) < 4.78 is 0. The van der Waals surface area contributed by atoms with Gasteiger partial charge >= 0.3 is 0 Å². The van der Waals surface area contributed by atoms with Crippen molar-refractivity contribution in [1.29, 1.82) is 0 Å². The highest BCUT2D eigenvalue weighted by Crippen LogP contribution is 2.42. The average molecular weight is 407 g/mol.